The van der Waals surface area contributed by atoms with Crippen LogP contribution in [-0.2, 0) is 25.9 Å². The third kappa shape index (κ3) is 2.41. The largest absolute Gasteiger partial charge is 0.325 e. The highest BCUT2D eigenvalue weighted by molar-refractivity contribution is 6.35. The van der Waals surface area contributed by atoms with Gasteiger partial charge in [0.2, 0.25) is 0 Å². The molecule has 6 heteroatoms. The predicted octanol–water partition coefficient (Wildman–Crippen LogP) is 3.40. The van der Waals surface area contributed by atoms with Gasteiger partial charge in [0.15, 0.2) is 0 Å². The molecule has 2 heterocycles. The van der Waals surface area contributed by atoms with Gasteiger partial charge < -0.3 is 4.57 Å². The monoisotopic (exact) mass is 308 g/mol. The molecular formula is C14H14Cl2N4. The number of benzene rings is 1. The van der Waals surface area contributed by atoms with Gasteiger partial charge in [-0.25, -0.2) is 4.98 Å². The van der Waals surface area contributed by atoms with Crippen LogP contribution in [0.25, 0.3) is 11.0 Å². The second kappa shape index (κ2) is 5.46. The van der Waals surface area contributed by atoms with Gasteiger partial charge in [-0.15, -0.1) is 11.6 Å². The van der Waals surface area contributed by atoms with E-state index in [1.165, 1.54) is 0 Å². The third-order valence-electron chi connectivity index (χ3n) is 3.28. The van der Waals surface area contributed by atoms with Gasteiger partial charge in [0.1, 0.15) is 5.82 Å². The molecule has 3 aromatic rings. The standard InChI is InChI=1S/C14H14Cl2N4/c1-19-7-5-10(18-19)6-8-20-13(9-15)17-12-4-2-3-11(16)14(12)20/h2-5,7H,6,8-9H2,1H3. The zero-order valence-corrected chi connectivity index (χ0v) is 12.6. The first-order valence-electron chi connectivity index (χ1n) is 6.37. The van der Waals surface area contributed by atoms with E-state index in [0.29, 0.717) is 10.9 Å². The molecular weight excluding hydrogens is 295 g/mol. The smallest absolute Gasteiger partial charge is 0.124 e. The van der Waals surface area contributed by atoms with Crippen molar-refractivity contribution >= 4 is 34.2 Å². The van der Waals surface area contributed by atoms with E-state index in [1.807, 2.05) is 37.5 Å². The van der Waals surface area contributed by atoms with Gasteiger partial charge in [0.05, 0.1) is 27.6 Å². The molecule has 0 saturated carbocycles. The molecule has 0 unspecified atom stereocenters. The first kappa shape index (κ1) is 13.5. The fourth-order valence-corrected chi connectivity index (χ4v) is 2.83. The summed E-state index contributed by atoms with van der Waals surface area (Å²) in [5, 5.41) is 5.09. The highest BCUT2D eigenvalue weighted by atomic mass is 35.5. The van der Waals surface area contributed by atoms with Crippen molar-refractivity contribution in [3.63, 3.8) is 0 Å². The molecule has 0 aliphatic heterocycles. The van der Waals surface area contributed by atoms with Gasteiger partial charge >= 0.3 is 0 Å². The average molecular weight is 309 g/mol. The minimum atomic E-state index is 0.368. The molecule has 0 spiro atoms. The Kier molecular flexibility index (Phi) is 3.68. The van der Waals surface area contributed by atoms with Crippen LogP contribution in [0.1, 0.15) is 11.5 Å². The topological polar surface area (TPSA) is 35.6 Å². The number of para-hydroxylation sites is 1. The number of nitrogens with zero attached hydrogens (tertiary/aromatic N) is 4. The van der Waals surface area contributed by atoms with Crippen molar-refractivity contribution in [2.24, 2.45) is 7.05 Å². The fraction of sp³-hybridized carbons (Fsp3) is 0.286. The Morgan fingerprint density at radius 2 is 2.10 bits per heavy atom. The minimum Gasteiger partial charge on any atom is -0.325 e. The summed E-state index contributed by atoms with van der Waals surface area (Å²) in [7, 11) is 1.91. The van der Waals surface area contributed by atoms with E-state index in [4.69, 9.17) is 23.2 Å². The van der Waals surface area contributed by atoms with E-state index in [0.717, 1.165) is 35.5 Å². The molecule has 2 aromatic heterocycles. The van der Waals surface area contributed by atoms with Crippen molar-refractivity contribution in [3.8, 4) is 0 Å². The zero-order valence-electron chi connectivity index (χ0n) is 11.1. The van der Waals surface area contributed by atoms with E-state index in [1.54, 1.807) is 4.68 Å². The van der Waals surface area contributed by atoms with Crippen molar-refractivity contribution in [1.82, 2.24) is 19.3 Å². The van der Waals surface area contributed by atoms with E-state index in [9.17, 15) is 0 Å². The van der Waals surface area contributed by atoms with Gasteiger partial charge in [-0.3, -0.25) is 4.68 Å². The molecule has 0 aliphatic rings. The lowest BCUT2D eigenvalue weighted by atomic mass is 10.3. The second-order valence-corrected chi connectivity index (χ2v) is 5.33. The number of aromatic nitrogens is 4. The van der Waals surface area contributed by atoms with Crippen LogP contribution >= 0.6 is 23.2 Å². The molecule has 0 atom stereocenters. The van der Waals surface area contributed by atoms with E-state index < -0.39 is 0 Å². The molecule has 0 fully saturated rings. The Hall–Kier alpha value is -1.52. The highest BCUT2D eigenvalue weighted by Crippen LogP contribution is 2.25. The number of halogens is 2. The number of alkyl halides is 1. The molecule has 0 bridgehead atoms. The summed E-state index contributed by atoms with van der Waals surface area (Å²) in [6, 6.07) is 7.75. The Balaban J connectivity index is 1.97. The van der Waals surface area contributed by atoms with Crippen LogP contribution < -0.4 is 0 Å². The number of hydrogen-bond donors (Lipinski definition) is 0. The Labute approximate surface area is 126 Å². The lowest BCUT2D eigenvalue weighted by molar-refractivity contribution is 0.660. The summed E-state index contributed by atoms with van der Waals surface area (Å²) in [5.41, 5.74) is 2.87. The molecule has 0 amide bonds. The van der Waals surface area contributed by atoms with Gasteiger partial charge in [-0.05, 0) is 18.2 Å². The summed E-state index contributed by atoms with van der Waals surface area (Å²) in [6.07, 6.45) is 2.76. The Bertz CT molecular complexity index is 745. The van der Waals surface area contributed by atoms with Crippen LogP contribution in [0, 0.1) is 0 Å². The number of rotatable bonds is 4. The fourth-order valence-electron chi connectivity index (χ4n) is 2.36. The van der Waals surface area contributed by atoms with Gasteiger partial charge in [0, 0.05) is 26.2 Å². The Morgan fingerprint density at radius 1 is 1.25 bits per heavy atom. The summed E-state index contributed by atoms with van der Waals surface area (Å²) in [5.74, 6) is 1.21. The molecule has 104 valence electrons. The first-order valence-corrected chi connectivity index (χ1v) is 7.28. The maximum atomic E-state index is 6.29. The normalized spacial score (nSPS) is 11.3. The summed E-state index contributed by atoms with van der Waals surface area (Å²) < 4.78 is 3.89. The van der Waals surface area contributed by atoms with Crippen LogP contribution in [-0.4, -0.2) is 19.3 Å². The van der Waals surface area contributed by atoms with Crippen LogP contribution in [0.15, 0.2) is 30.5 Å². The van der Waals surface area contributed by atoms with Crippen LogP contribution in [0.3, 0.4) is 0 Å². The van der Waals surface area contributed by atoms with Gasteiger partial charge in [-0.2, -0.15) is 5.10 Å². The number of fused-ring (bicyclic) bond motifs is 1. The van der Waals surface area contributed by atoms with Gasteiger partial charge in [-0.1, -0.05) is 17.7 Å². The van der Waals surface area contributed by atoms with E-state index >= 15 is 0 Å². The third-order valence-corrected chi connectivity index (χ3v) is 3.82. The molecule has 0 N–H and O–H groups in total. The summed E-state index contributed by atoms with van der Waals surface area (Å²) >= 11 is 12.3. The lowest BCUT2D eigenvalue weighted by Gasteiger charge is -2.07. The highest BCUT2D eigenvalue weighted by Gasteiger charge is 2.12. The molecule has 0 radical (unpaired) electrons. The van der Waals surface area contributed by atoms with E-state index in [-0.39, 0.29) is 0 Å². The maximum Gasteiger partial charge on any atom is 0.124 e. The lowest BCUT2D eigenvalue weighted by Crippen LogP contribution is -2.06. The van der Waals surface area contributed by atoms with Crippen LogP contribution in [0.5, 0.6) is 0 Å². The zero-order chi connectivity index (χ0) is 14.1. The van der Waals surface area contributed by atoms with Gasteiger partial charge in [0.25, 0.3) is 0 Å². The molecule has 0 aliphatic carbocycles. The van der Waals surface area contributed by atoms with E-state index in [2.05, 4.69) is 14.6 Å². The summed E-state index contributed by atoms with van der Waals surface area (Å²) in [4.78, 5) is 4.53. The average Bonchev–Trinajstić information content (AvgIpc) is 3.00. The van der Waals surface area contributed by atoms with Crippen molar-refractivity contribution in [2.75, 3.05) is 0 Å². The minimum absolute atomic E-state index is 0.368. The molecule has 1 aromatic carbocycles. The van der Waals surface area contributed by atoms with Crippen LogP contribution in [0.4, 0.5) is 0 Å². The SMILES string of the molecule is Cn1ccc(CCn2c(CCl)nc3cccc(Cl)c32)n1. The molecule has 3 rings (SSSR count). The summed E-state index contributed by atoms with van der Waals surface area (Å²) in [6.45, 7) is 0.763. The number of aryl methyl sites for hydroxylation is 3. The Morgan fingerprint density at radius 3 is 2.80 bits per heavy atom. The molecule has 20 heavy (non-hydrogen) atoms. The van der Waals surface area contributed by atoms with Crippen molar-refractivity contribution in [2.45, 2.75) is 18.8 Å². The quantitative estimate of drug-likeness (QED) is 0.692. The maximum absolute atomic E-state index is 6.29. The van der Waals surface area contributed by atoms with Crippen molar-refractivity contribution in [1.29, 1.82) is 0 Å². The first-order chi connectivity index (χ1) is 9.69. The number of hydrogen-bond acceptors (Lipinski definition) is 2. The molecule has 4 nitrogen and oxygen atoms in total. The second-order valence-electron chi connectivity index (χ2n) is 4.65. The van der Waals surface area contributed by atoms with Crippen molar-refractivity contribution < 1.29 is 0 Å². The number of imidazole rings is 1. The van der Waals surface area contributed by atoms with Crippen molar-refractivity contribution in [3.05, 3.63) is 47.0 Å². The molecule has 0 saturated heterocycles. The predicted molar refractivity (Wildman–Crippen MR) is 81.2 cm³/mol. The van der Waals surface area contributed by atoms with Crippen LogP contribution in [0.2, 0.25) is 5.02 Å².